The van der Waals surface area contributed by atoms with Gasteiger partial charge in [0.05, 0.1) is 7.11 Å². The first-order chi connectivity index (χ1) is 10.4. The fourth-order valence-corrected chi connectivity index (χ4v) is 3.12. The largest absolute Gasteiger partial charge is 0.495 e. The molecule has 3 rings (SSSR count). The van der Waals surface area contributed by atoms with E-state index in [0.717, 1.165) is 0 Å². The van der Waals surface area contributed by atoms with E-state index in [4.69, 9.17) is 26.0 Å². The van der Waals surface area contributed by atoms with E-state index < -0.39 is 10.0 Å². The first kappa shape index (κ1) is 14.8. The van der Waals surface area contributed by atoms with Gasteiger partial charge in [0, 0.05) is 22.0 Å². The van der Waals surface area contributed by atoms with Crippen LogP contribution in [0.4, 0.5) is 0 Å². The first-order valence-corrected chi connectivity index (χ1v) is 8.09. The van der Waals surface area contributed by atoms with Crippen LogP contribution < -0.4 is 9.88 Å². The highest BCUT2D eigenvalue weighted by molar-refractivity contribution is 7.89. The lowest BCUT2D eigenvalue weighted by Crippen LogP contribution is -2.13. The van der Waals surface area contributed by atoms with Crippen LogP contribution in [0.3, 0.4) is 0 Å². The molecule has 2 aromatic carbocycles. The van der Waals surface area contributed by atoms with Crippen molar-refractivity contribution in [1.82, 2.24) is 5.16 Å². The molecule has 3 aromatic rings. The van der Waals surface area contributed by atoms with Gasteiger partial charge in [0.2, 0.25) is 10.0 Å². The Hall–Kier alpha value is -2.09. The second-order valence-corrected chi connectivity index (χ2v) is 6.52. The fraction of sp³-hybridized carbons (Fsp3) is 0.0714. The van der Waals surface area contributed by atoms with Gasteiger partial charge in [-0.25, -0.2) is 13.6 Å². The van der Waals surface area contributed by atoms with Gasteiger partial charge < -0.3 is 9.26 Å². The molecule has 114 valence electrons. The number of methoxy groups -OCH3 is 1. The third-order valence-corrected chi connectivity index (χ3v) is 4.35. The van der Waals surface area contributed by atoms with Crippen molar-refractivity contribution in [1.29, 1.82) is 0 Å². The number of ether oxygens (including phenoxy) is 1. The lowest BCUT2D eigenvalue weighted by Gasteiger charge is -2.10. The minimum Gasteiger partial charge on any atom is -0.495 e. The Labute approximate surface area is 131 Å². The Morgan fingerprint density at radius 1 is 1.27 bits per heavy atom. The molecule has 0 spiro atoms. The molecule has 2 N–H and O–H groups in total. The van der Waals surface area contributed by atoms with Gasteiger partial charge in [-0.15, -0.1) is 0 Å². The zero-order valence-electron chi connectivity index (χ0n) is 11.4. The Bertz CT molecular complexity index is 966. The number of halogens is 1. The van der Waals surface area contributed by atoms with Gasteiger partial charge in [-0.3, -0.25) is 0 Å². The van der Waals surface area contributed by atoms with Crippen molar-refractivity contribution in [2.75, 3.05) is 7.11 Å². The van der Waals surface area contributed by atoms with E-state index in [0.29, 0.717) is 27.2 Å². The summed E-state index contributed by atoms with van der Waals surface area (Å²) in [6.07, 6.45) is 0. The number of hydrogen-bond acceptors (Lipinski definition) is 5. The number of nitrogens with zero attached hydrogens (tertiary/aromatic N) is 1. The van der Waals surface area contributed by atoms with E-state index >= 15 is 0 Å². The molecular weight excluding hydrogens is 328 g/mol. The van der Waals surface area contributed by atoms with Gasteiger partial charge in [0.25, 0.3) is 0 Å². The summed E-state index contributed by atoms with van der Waals surface area (Å²) in [6.45, 7) is 0. The van der Waals surface area contributed by atoms with Gasteiger partial charge >= 0.3 is 0 Å². The summed E-state index contributed by atoms with van der Waals surface area (Å²) in [4.78, 5) is -0.113. The zero-order valence-corrected chi connectivity index (χ0v) is 13.0. The normalized spacial score (nSPS) is 11.8. The number of fused-ring (bicyclic) bond motifs is 1. The Morgan fingerprint density at radius 2 is 2.05 bits per heavy atom. The minimum absolute atomic E-state index is 0.113. The van der Waals surface area contributed by atoms with E-state index in [9.17, 15) is 8.42 Å². The average Bonchev–Trinajstić information content (AvgIpc) is 2.88. The number of sulfonamides is 1. The number of benzene rings is 2. The van der Waals surface area contributed by atoms with Crippen molar-refractivity contribution >= 4 is 32.6 Å². The van der Waals surface area contributed by atoms with E-state index in [-0.39, 0.29) is 10.6 Å². The van der Waals surface area contributed by atoms with Gasteiger partial charge in [0.1, 0.15) is 16.3 Å². The summed E-state index contributed by atoms with van der Waals surface area (Å²) in [5, 5.41) is 10.4. The van der Waals surface area contributed by atoms with Crippen LogP contribution >= 0.6 is 11.6 Å². The molecule has 0 atom stereocenters. The van der Waals surface area contributed by atoms with Crippen LogP contribution in [0.15, 0.2) is 45.8 Å². The van der Waals surface area contributed by atoms with Crippen molar-refractivity contribution in [3.63, 3.8) is 0 Å². The van der Waals surface area contributed by atoms with Crippen molar-refractivity contribution in [2.24, 2.45) is 5.14 Å². The maximum absolute atomic E-state index is 11.7. The number of aromatic nitrogens is 1. The van der Waals surface area contributed by atoms with Gasteiger partial charge in [0.15, 0.2) is 5.58 Å². The SMILES string of the molecule is COc1c(-c2noc3cc(Cl)ccc23)cccc1S(N)(=O)=O. The highest BCUT2D eigenvalue weighted by Crippen LogP contribution is 2.38. The standard InChI is InChI=1S/C14H11ClN2O4S/c1-20-14-10(3-2-4-12(14)22(16,18)19)13-9-6-5-8(15)7-11(9)21-17-13/h2-7H,1H3,(H2,16,18,19). The first-order valence-electron chi connectivity index (χ1n) is 6.17. The van der Waals surface area contributed by atoms with Crippen LogP contribution in [0, 0.1) is 0 Å². The molecule has 22 heavy (non-hydrogen) atoms. The number of hydrogen-bond donors (Lipinski definition) is 1. The number of para-hydroxylation sites is 1. The van der Waals surface area contributed by atoms with Crippen LogP contribution in [0.5, 0.6) is 5.75 Å². The Kier molecular flexibility index (Phi) is 3.56. The third kappa shape index (κ3) is 2.43. The van der Waals surface area contributed by atoms with E-state index in [1.807, 2.05) is 0 Å². The van der Waals surface area contributed by atoms with Crippen molar-refractivity contribution in [2.45, 2.75) is 4.90 Å². The maximum Gasteiger partial charge on any atom is 0.241 e. The lowest BCUT2D eigenvalue weighted by atomic mass is 10.1. The number of rotatable bonds is 3. The van der Waals surface area contributed by atoms with E-state index in [1.54, 1.807) is 30.3 Å². The molecule has 0 radical (unpaired) electrons. The summed E-state index contributed by atoms with van der Waals surface area (Å²) in [5.41, 5.74) is 1.41. The average molecular weight is 339 g/mol. The Balaban J connectivity index is 2.32. The van der Waals surface area contributed by atoms with Crippen LogP contribution in [0.1, 0.15) is 0 Å². The van der Waals surface area contributed by atoms with Crippen molar-refractivity contribution in [3.05, 3.63) is 41.4 Å². The second-order valence-electron chi connectivity index (χ2n) is 4.55. The fourth-order valence-electron chi connectivity index (χ4n) is 2.24. The van der Waals surface area contributed by atoms with E-state index in [1.165, 1.54) is 13.2 Å². The summed E-state index contributed by atoms with van der Waals surface area (Å²) >= 11 is 5.91. The molecule has 0 aliphatic heterocycles. The van der Waals surface area contributed by atoms with Gasteiger partial charge in [-0.1, -0.05) is 22.8 Å². The molecule has 1 aromatic heterocycles. The van der Waals surface area contributed by atoms with Crippen LogP contribution in [0.2, 0.25) is 5.02 Å². The summed E-state index contributed by atoms with van der Waals surface area (Å²) in [5.74, 6) is 0.121. The molecule has 1 heterocycles. The monoisotopic (exact) mass is 338 g/mol. The minimum atomic E-state index is -3.92. The highest BCUT2D eigenvalue weighted by atomic mass is 35.5. The summed E-state index contributed by atoms with van der Waals surface area (Å²) < 4.78 is 33.8. The predicted molar refractivity (Wildman–Crippen MR) is 82.4 cm³/mol. The molecule has 0 saturated heterocycles. The molecule has 0 unspecified atom stereocenters. The molecule has 0 amide bonds. The van der Waals surface area contributed by atoms with E-state index in [2.05, 4.69) is 5.16 Å². The highest BCUT2D eigenvalue weighted by Gasteiger charge is 2.22. The summed E-state index contributed by atoms with van der Waals surface area (Å²) in [7, 11) is -2.56. The van der Waals surface area contributed by atoms with Crippen molar-refractivity contribution in [3.8, 4) is 17.0 Å². The summed E-state index contributed by atoms with van der Waals surface area (Å²) in [6, 6.07) is 9.68. The van der Waals surface area contributed by atoms with Crippen LogP contribution in [-0.4, -0.2) is 20.7 Å². The topological polar surface area (TPSA) is 95.4 Å². The molecule has 0 fully saturated rings. The predicted octanol–water partition coefficient (Wildman–Crippen LogP) is 2.80. The molecule has 0 aliphatic carbocycles. The molecule has 0 bridgehead atoms. The van der Waals surface area contributed by atoms with Gasteiger partial charge in [-0.05, 0) is 24.3 Å². The quantitative estimate of drug-likeness (QED) is 0.792. The Morgan fingerprint density at radius 3 is 2.73 bits per heavy atom. The maximum atomic E-state index is 11.7. The second kappa shape index (κ2) is 5.28. The molecule has 0 aliphatic rings. The van der Waals surface area contributed by atoms with Gasteiger partial charge in [-0.2, -0.15) is 0 Å². The lowest BCUT2D eigenvalue weighted by molar-refractivity contribution is 0.403. The zero-order chi connectivity index (χ0) is 15.9. The smallest absolute Gasteiger partial charge is 0.241 e. The molecular formula is C14H11ClN2O4S. The molecule has 8 heteroatoms. The number of primary sulfonamides is 1. The van der Waals surface area contributed by atoms with Crippen LogP contribution in [0.25, 0.3) is 22.2 Å². The molecule has 0 saturated carbocycles. The third-order valence-electron chi connectivity index (χ3n) is 3.18. The number of nitrogens with two attached hydrogens (primary N) is 1. The van der Waals surface area contributed by atoms with Crippen LogP contribution in [-0.2, 0) is 10.0 Å². The van der Waals surface area contributed by atoms with Crippen molar-refractivity contribution < 1.29 is 17.7 Å². The molecule has 6 nitrogen and oxygen atoms in total.